The van der Waals surface area contributed by atoms with Gasteiger partial charge in [-0.1, -0.05) is 74.5 Å². The number of likely N-dealkylation sites (tertiary alicyclic amines) is 1. The summed E-state index contributed by atoms with van der Waals surface area (Å²) in [5, 5.41) is 10.8. The molecule has 1 N–H and O–H groups in total. The lowest BCUT2D eigenvalue weighted by Gasteiger charge is -2.42. The van der Waals surface area contributed by atoms with E-state index in [9.17, 15) is 14.7 Å². The number of amides is 3. The molecule has 8 heteroatoms. The maximum Gasteiger partial charge on any atom is 0.251 e. The summed E-state index contributed by atoms with van der Waals surface area (Å²) in [6.45, 7) is 16.9. The lowest BCUT2D eigenvalue weighted by molar-refractivity contribution is -0.145. The molecule has 44 heavy (non-hydrogen) atoms. The molecule has 2 aromatic rings. The molecule has 0 saturated carbocycles. The number of thioether (sulfide) groups is 1. The SMILES string of the molecule is C=CCN(CCC)C(=O)[C@@H]1[C@H]2C(=O)N([C@H](CO)c3ccccc3)C(C(=O)N(CC=C)c3c(C)cccc3C)C23S[C@@H]1CC3C. The van der Waals surface area contributed by atoms with E-state index in [2.05, 4.69) is 20.1 Å². The molecule has 5 rings (SSSR count). The minimum Gasteiger partial charge on any atom is -0.394 e. The van der Waals surface area contributed by atoms with E-state index < -0.39 is 28.7 Å². The zero-order valence-electron chi connectivity index (χ0n) is 26.3. The van der Waals surface area contributed by atoms with E-state index in [-0.39, 0.29) is 42.0 Å². The molecule has 3 saturated heterocycles. The smallest absolute Gasteiger partial charge is 0.251 e. The van der Waals surface area contributed by atoms with Crippen LogP contribution in [0.25, 0.3) is 0 Å². The van der Waals surface area contributed by atoms with Crippen LogP contribution in [0.1, 0.15) is 49.4 Å². The number of benzene rings is 2. The van der Waals surface area contributed by atoms with Crippen LogP contribution >= 0.6 is 11.8 Å². The highest BCUT2D eigenvalue weighted by atomic mass is 32.2. The van der Waals surface area contributed by atoms with Gasteiger partial charge in [0.15, 0.2) is 0 Å². The first kappa shape index (κ1) is 32.0. The number of fused-ring (bicyclic) bond motifs is 1. The first-order chi connectivity index (χ1) is 21.2. The van der Waals surface area contributed by atoms with Gasteiger partial charge in [-0.2, -0.15) is 0 Å². The summed E-state index contributed by atoms with van der Waals surface area (Å²) in [7, 11) is 0. The second kappa shape index (κ2) is 12.9. The molecule has 2 bridgehead atoms. The first-order valence-electron chi connectivity index (χ1n) is 15.7. The van der Waals surface area contributed by atoms with E-state index in [0.717, 1.165) is 35.2 Å². The van der Waals surface area contributed by atoms with Gasteiger partial charge in [0.2, 0.25) is 11.8 Å². The van der Waals surface area contributed by atoms with E-state index in [0.29, 0.717) is 13.1 Å². The fourth-order valence-electron chi connectivity index (χ4n) is 8.11. The van der Waals surface area contributed by atoms with Crippen LogP contribution in [0.3, 0.4) is 0 Å². The quantitative estimate of drug-likeness (QED) is 0.327. The summed E-state index contributed by atoms with van der Waals surface area (Å²) < 4.78 is -0.816. The molecule has 0 radical (unpaired) electrons. The van der Waals surface area contributed by atoms with Crippen molar-refractivity contribution < 1.29 is 19.5 Å². The molecule has 0 aliphatic carbocycles. The van der Waals surface area contributed by atoms with E-state index >= 15 is 4.79 Å². The molecular weight excluding hydrogens is 570 g/mol. The maximum atomic E-state index is 15.2. The van der Waals surface area contributed by atoms with Crippen molar-refractivity contribution in [2.75, 3.05) is 31.1 Å². The predicted octanol–water partition coefficient (Wildman–Crippen LogP) is 5.32. The standard InChI is InChI=1S/C36H45N3O4S/c1-7-18-37(19-8-2)33(41)29-28-21-25(6)36(44-28)30(29)34(42)39(27(22-40)26-16-11-10-12-17-26)32(36)35(43)38(20-9-3)31-23(4)14-13-15-24(31)5/h7,9-17,25,27-30,32,40H,1,3,8,18-22H2,2,4-6H3/t25?,27-,28-,29+,30+,32?,36?/m1/s1. The average molecular weight is 616 g/mol. The van der Waals surface area contributed by atoms with Gasteiger partial charge in [0.1, 0.15) is 6.04 Å². The normalized spacial score (nSPS) is 27.6. The number of hydrogen-bond acceptors (Lipinski definition) is 5. The summed E-state index contributed by atoms with van der Waals surface area (Å²) >= 11 is 1.66. The van der Waals surface area contributed by atoms with Gasteiger partial charge in [0.05, 0.1) is 29.2 Å². The van der Waals surface area contributed by atoms with E-state index in [4.69, 9.17) is 0 Å². The third-order valence-corrected chi connectivity index (χ3v) is 11.9. The van der Waals surface area contributed by atoms with Crippen molar-refractivity contribution in [3.63, 3.8) is 0 Å². The summed E-state index contributed by atoms with van der Waals surface area (Å²) in [5.41, 5.74) is 3.48. The number of aliphatic hydroxyl groups excluding tert-OH is 1. The zero-order valence-corrected chi connectivity index (χ0v) is 27.1. The number of para-hydroxylation sites is 1. The van der Waals surface area contributed by atoms with Gasteiger partial charge in [0, 0.05) is 30.6 Å². The average Bonchev–Trinajstić information content (AvgIpc) is 3.60. The Bertz CT molecular complexity index is 1410. The molecule has 7 atom stereocenters. The van der Waals surface area contributed by atoms with E-state index in [1.54, 1.807) is 33.7 Å². The molecule has 3 fully saturated rings. The Morgan fingerprint density at radius 2 is 1.73 bits per heavy atom. The molecule has 1 spiro atoms. The third kappa shape index (κ3) is 5.00. The van der Waals surface area contributed by atoms with Crippen molar-refractivity contribution >= 4 is 35.2 Å². The minimum absolute atomic E-state index is 0.00661. The second-order valence-electron chi connectivity index (χ2n) is 12.5. The van der Waals surface area contributed by atoms with Crippen LogP contribution in [-0.4, -0.2) is 74.9 Å². The molecular formula is C36H45N3O4S. The summed E-state index contributed by atoms with van der Waals surface area (Å²) in [6.07, 6.45) is 4.99. The number of aryl methyl sites for hydroxylation is 2. The van der Waals surface area contributed by atoms with Gasteiger partial charge >= 0.3 is 0 Å². The lowest BCUT2D eigenvalue weighted by Crippen LogP contribution is -2.58. The molecule has 234 valence electrons. The fourth-order valence-corrected chi connectivity index (χ4v) is 10.5. The van der Waals surface area contributed by atoms with Crippen molar-refractivity contribution in [1.29, 1.82) is 0 Å². The van der Waals surface area contributed by atoms with Gasteiger partial charge in [-0.25, -0.2) is 0 Å². The van der Waals surface area contributed by atoms with Crippen molar-refractivity contribution in [1.82, 2.24) is 9.80 Å². The predicted molar refractivity (Wildman–Crippen MR) is 177 cm³/mol. The molecule has 2 aromatic carbocycles. The van der Waals surface area contributed by atoms with Crippen LogP contribution in [0.5, 0.6) is 0 Å². The Hall–Kier alpha value is -3.36. The van der Waals surface area contributed by atoms with Crippen molar-refractivity contribution in [3.8, 4) is 0 Å². The number of carbonyl (C=O) groups is 3. The molecule has 7 nitrogen and oxygen atoms in total. The Morgan fingerprint density at radius 1 is 1.07 bits per heavy atom. The lowest BCUT2D eigenvalue weighted by atomic mass is 9.65. The van der Waals surface area contributed by atoms with Crippen LogP contribution in [-0.2, 0) is 14.4 Å². The topological polar surface area (TPSA) is 81.2 Å². The van der Waals surface area contributed by atoms with Crippen LogP contribution < -0.4 is 4.90 Å². The zero-order chi connectivity index (χ0) is 31.8. The molecule has 3 unspecified atom stereocenters. The number of hydrogen-bond donors (Lipinski definition) is 1. The van der Waals surface area contributed by atoms with Gasteiger partial charge in [-0.05, 0) is 49.3 Å². The number of aliphatic hydroxyl groups is 1. The van der Waals surface area contributed by atoms with Crippen LogP contribution in [0.15, 0.2) is 73.8 Å². The first-order valence-corrected chi connectivity index (χ1v) is 16.6. The van der Waals surface area contributed by atoms with Crippen LogP contribution in [0.4, 0.5) is 5.69 Å². The second-order valence-corrected chi connectivity index (χ2v) is 14.0. The maximum absolute atomic E-state index is 15.2. The number of anilines is 1. The monoisotopic (exact) mass is 615 g/mol. The van der Waals surface area contributed by atoms with Crippen molar-refractivity contribution in [2.24, 2.45) is 17.8 Å². The van der Waals surface area contributed by atoms with Gasteiger partial charge < -0.3 is 19.8 Å². The van der Waals surface area contributed by atoms with E-state index in [1.807, 2.05) is 74.2 Å². The fraction of sp³-hybridized carbons (Fsp3) is 0.472. The molecule has 3 heterocycles. The molecule has 3 aliphatic heterocycles. The Balaban J connectivity index is 1.69. The molecule has 3 aliphatic rings. The number of rotatable bonds is 12. The minimum atomic E-state index is -0.877. The third-order valence-electron chi connectivity index (χ3n) is 9.84. The van der Waals surface area contributed by atoms with E-state index in [1.165, 1.54) is 0 Å². The Morgan fingerprint density at radius 3 is 2.32 bits per heavy atom. The highest BCUT2D eigenvalue weighted by molar-refractivity contribution is 8.02. The van der Waals surface area contributed by atoms with Gasteiger partial charge in [0.25, 0.3) is 5.91 Å². The highest BCUT2D eigenvalue weighted by Crippen LogP contribution is 2.69. The van der Waals surface area contributed by atoms with Crippen molar-refractivity contribution in [3.05, 3.63) is 90.5 Å². The molecule has 0 aromatic heterocycles. The number of carbonyl (C=O) groups excluding carboxylic acids is 3. The highest BCUT2D eigenvalue weighted by Gasteiger charge is 2.77. The van der Waals surface area contributed by atoms with Crippen LogP contribution in [0, 0.1) is 31.6 Å². The summed E-state index contributed by atoms with van der Waals surface area (Å²) in [4.78, 5) is 49.6. The van der Waals surface area contributed by atoms with Crippen molar-refractivity contribution in [2.45, 2.75) is 62.6 Å². The van der Waals surface area contributed by atoms with Gasteiger partial charge in [-0.15, -0.1) is 24.9 Å². The Labute approximate surface area is 266 Å². The summed E-state index contributed by atoms with van der Waals surface area (Å²) in [5.74, 6) is -1.67. The molecule has 3 amide bonds. The van der Waals surface area contributed by atoms with Gasteiger partial charge in [-0.3, -0.25) is 14.4 Å². The number of nitrogens with zero attached hydrogens (tertiary/aromatic N) is 3. The van der Waals surface area contributed by atoms with Crippen LogP contribution in [0.2, 0.25) is 0 Å². The Kier molecular flexibility index (Phi) is 9.42. The largest absolute Gasteiger partial charge is 0.394 e. The summed E-state index contributed by atoms with van der Waals surface area (Å²) in [6, 6.07) is 13.8.